The summed E-state index contributed by atoms with van der Waals surface area (Å²) in [4.78, 5) is 0. The highest BCUT2D eigenvalue weighted by atomic mass is 29.3. The van der Waals surface area contributed by atoms with Crippen molar-refractivity contribution in [3.8, 4) is 0 Å². The normalized spacial score (nSPS) is 15.2. The third kappa shape index (κ3) is 4.08. The molecule has 0 spiro atoms. The fourth-order valence-electron chi connectivity index (χ4n) is 3.77. The van der Waals surface area contributed by atoms with Crippen LogP contribution in [0.1, 0.15) is 13.8 Å². The molecule has 0 aromatic heterocycles. The van der Waals surface area contributed by atoms with E-state index in [9.17, 15) is 0 Å². The molecule has 0 saturated carbocycles. The van der Waals surface area contributed by atoms with Gasteiger partial charge in [0.2, 0.25) is 7.83 Å². The van der Waals surface area contributed by atoms with E-state index in [1.165, 1.54) is 10.4 Å². The van der Waals surface area contributed by atoms with Crippen molar-refractivity contribution in [1.82, 2.24) is 0 Å². The minimum absolute atomic E-state index is 0.230. The summed E-state index contributed by atoms with van der Waals surface area (Å²) in [5.41, 5.74) is 0. The van der Waals surface area contributed by atoms with Crippen LogP contribution in [-0.4, -0.2) is 29.6 Å². The van der Waals surface area contributed by atoms with Crippen molar-refractivity contribution in [3.05, 3.63) is 54.6 Å². The molecule has 1 atom stereocenters. The van der Waals surface area contributed by atoms with Crippen molar-refractivity contribution in [2.75, 3.05) is 0 Å². The van der Waals surface area contributed by atoms with E-state index in [-0.39, 0.29) is 6.10 Å². The van der Waals surface area contributed by atoms with Crippen LogP contribution in [0.25, 0.3) is 0 Å². The summed E-state index contributed by atoms with van der Waals surface area (Å²) in [5, 5.41) is 4.55. The van der Waals surface area contributed by atoms with E-state index in [1.807, 2.05) is 0 Å². The topological polar surface area (TPSA) is 9.23 Å². The van der Waals surface area contributed by atoms with Gasteiger partial charge in [0.25, 0.3) is 0 Å². The fraction of sp³-hybridized carbons (Fsp3) is 0.429. The van der Waals surface area contributed by atoms with Crippen LogP contribution in [0.15, 0.2) is 54.6 Å². The lowest BCUT2D eigenvalue weighted by atomic mass is 10.4. The molecule has 0 saturated heterocycles. The average Bonchev–Trinajstić information content (AvgIpc) is 2.51. The molecule has 2 aromatic rings. The summed E-state index contributed by atoms with van der Waals surface area (Å²) in [6.45, 7) is 19.2. The van der Waals surface area contributed by atoms with E-state index in [1.54, 1.807) is 5.19 Å². The maximum atomic E-state index is 7.03. The molecule has 1 nitrogen and oxygen atoms in total. The number of rotatable bonds is 6. The zero-order valence-electron chi connectivity index (χ0n) is 17.2. The van der Waals surface area contributed by atoms with E-state index in [4.69, 9.17) is 4.43 Å². The summed E-state index contributed by atoms with van der Waals surface area (Å²) in [5.74, 6) is 0. The number of hydrogen-bond donors (Lipinski definition) is 0. The highest BCUT2D eigenvalue weighted by Gasteiger charge is 2.53. The predicted octanol–water partition coefficient (Wildman–Crippen LogP) is 4.13. The first-order chi connectivity index (χ1) is 11.5. The van der Waals surface area contributed by atoms with E-state index < -0.39 is 23.5 Å². The minimum atomic E-state index is -2.29. The molecule has 4 heteroatoms. The molecule has 2 rings (SSSR count). The van der Waals surface area contributed by atoms with Crippen LogP contribution < -0.4 is 15.6 Å². The second kappa shape index (κ2) is 7.35. The molecule has 136 valence electrons. The largest absolute Gasteiger partial charge is 0.408 e. The summed E-state index contributed by atoms with van der Waals surface area (Å²) < 4.78 is 7.03. The first-order valence-electron chi connectivity index (χ1n) is 9.33. The molecule has 0 amide bonds. The lowest BCUT2D eigenvalue weighted by Gasteiger charge is -2.45. The molecule has 0 bridgehead atoms. The van der Waals surface area contributed by atoms with Gasteiger partial charge < -0.3 is 4.43 Å². The average molecular weight is 387 g/mol. The molecule has 0 aliphatic rings. The molecule has 0 N–H and O–H groups in total. The Morgan fingerprint density at radius 3 is 1.60 bits per heavy atom. The molecule has 25 heavy (non-hydrogen) atoms. The first kappa shape index (κ1) is 20.4. The highest BCUT2D eigenvalue weighted by molar-refractivity contribution is 7.49. The number of hydrogen-bond acceptors (Lipinski definition) is 1. The predicted molar refractivity (Wildman–Crippen MR) is 120 cm³/mol. The highest BCUT2D eigenvalue weighted by Crippen LogP contribution is 2.23. The van der Waals surface area contributed by atoms with E-state index in [2.05, 4.69) is 108 Å². The van der Waals surface area contributed by atoms with Gasteiger partial charge >= 0.3 is 0 Å². The lowest BCUT2D eigenvalue weighted by Crippen LogP contribution is -2.79. The SMILES string of the molecule is CC(C)O[Si](c1ccccc1)(c1ccccc1[Si](C)(C)C)[Si](C)(C)C. The summed E-state index contributed by atoms with van der Waals surface area (Å²) in [6.07, 6.45) is 0.230. The molecule has 2 aromatic carbocycles. The lowest BCUT2D eigenvalue weighted by molar-refractivity contribution is 0.247. The number of benzene rings is 2. The molecule has 0 aliphatic heterocycles. The Hall–Kier alpha value is -0.949. The maximum Gasteiger partial charge on any atom is 0.240 e. The van der Waals surface area contributed by atoms with Gasteiger partial charge in [-0.2, -0.15) is 0 Å². The molecule has 0 heterocycles. The van der Waals surface area contributed by atoms with Gasteiger partial charge in [0.1, 0.15) is 0 Å². The standard InChI is InChI=1S/C21H34OSi3/c1-18(2)22-25(24(6,7)8,19-14-10-9-11-15-19)21-17-13-12-16-20(21)23(3,4)5/h9-18H,1-8H3. The Morgan fingerprint density at radius 1 is 0.680 bits per heavy atom. The van der Waals surface area contributed by atoms with Gasteiger partial charge in [0, 0.05) is 6.10 Å². The monoisotopic (exact) mass is 386 g/mol. The minimum Gasteiger partial charge on any atom is -0.408 e. The zero-order chi connectivity index (χ0) is 18.9. The van der Waals surface area contributed by atoms with Crippen LogP contribution >= 0.6 is 0 Å². The van der Waals surface area contributed by atoms with Gasteiger partial charge in [-0.15, -0.1) is 0 Å². The molecular formula is C21H34OSi3. The Bertz CT molecular complexity index is 699. The molecule has 0 fully saturated rings. The van der Waals surface area contributed by atoms with E-state index in [0.717, 1.165) is 0 Å². The van der Waals surface area contributed by atoms with Crippen LogP contribution in [0.4, 0.5) is 0 Å². The molecule has 1 unspecified atom stereocenters. The van der Waals surface area contributed by atoms with E-state index >= 15 is 0 Å². The summed E-state index contributed by atoms with van der Waals surface area (Å²) in [7, 11) is -5.42. The van der Waals surface area contributed by atoms with Gasteiger partial charge in [-0.3, -0.25) is 0 Å². The van der Waals surface area contributed by atoms with Gasteiger partial charge in [-0.1, -0.05) is 99.1 Å². The quantitative estimate of drug-likeness (QED) is 0.678. The van der Waals surface area contributed by atoms with E-state index in [0.29, 0.717) is 0 Å². The Balaban J connectivity index is 2.90. The van der Waals surface area contributed by atoms with Crippen molar-refractivity contribution in [3.63, 3.8) is 0 Å². The van der Waals surface area contributed by atoms with Gasteiger partial charge in [-0.05, 0) is 24.2 Å². The Labute approximate surface area is 157 Å². The zero-order valence-corrected chi connectivity index (χ0v) is 20.2. The second-order valence-electron chi connectivity index (χ2n) is 9.26. The summed E-state index contributed by atoms with van der Waals surface area (Å²) in [6, 6.07) is 20.3. The molecular weight excluding hydrogens is 352 g/mol. The van der Waals surface area contributed by atoms with Crippen molar-refractivity contribution in [1.29, 1.82) is 0 Å². The third-order valence-electron chi connectivity index (χ3n) is 4.76. The van der Waals surface area contributed by atoms with Crippen LogP contribution in [0, 0.1) is 0 Å². The maximum absolute atomic E-state index is 7.03. The van der Waals surface area contributed by atoms with Gasteiger partial charge in [0.05, 0.1) is 15.7 Å². The van der Waals surface area contributed by atoms with Crippen LogP contribution in [-0.2, 0) is 4.43 Å². The Morgan fingerprint density at radius 2 is 1.16 bits per heavy atom. The van der Waals surface area contributed by atoms with Crippen molar-refractivity contribution < 1.29 is 4.43 Å². The van der Waals surface area contributed by atoms with Gasteiger partial charge in [-0.25, -0.2) is 0 Å². The third-order valence-corrected chi connectivity index (χ3v) is 20.7. The van der Waals surface area contributed by atoms with Crippen molar-refractivity contribution in [2.45, 2.75) is 59.2 Å². The van der Waals surface area contributed by atoms with Crippen LogP contribution in [0.2, 0.25) is 39.3 Å². The smallest absolute Gasteiger partial charge is 0.240 e. The molecule has 0 aliphatic carbocycles. The van der Waals surface area contributed by atoms with Gasteiger partial charge in [0.15, 0.2) is 0 Å². The Kier molecular flexibility index (Phi) is 5.99. The fourth-order valence-corrected chi connectivity index (χ4v) is 20.0. The van der Waals surface area contributed by atoms with Crippen molar-refractivity contribution in [2.24, 2.45) is 0 Å². The molecule has 0 radical (unpaired) electrons. The van der Waals surface area contributed by atoms with Crippen molar-refractivity contribution >= 4 is 39.1 Å². The second-order valence-corrected chi connectivity index (χ2v) is 28.1. The first-order valence-corrected chi connectivity index (χ1v) is 19.2. The summed E-state index contributed by atoms with van der Waals surface area (Å²) >= 11 is 0. The van der Waals surface area contributed by atoms with Crippen LogP contribution in [0.5, 0.6) is 0 Å². The van der Waals surface area contributed by atoms with Crippen LogP contribution in [0.3, 0.4) is 0 Å².